The number of oxime groups is 1. The maximum Gasteiger partial charge on any atom is 0.407 e. The SMILES string of the molecule is CC(C)CN(C[C@@H](O)[C@H](Cc1ccccc1)NC(=O)OCCS(C)(=O)=O)S(=O)(=O)c1ccc(/C=N/O)cc1. The molecule has 11 nitrogen and oxygen atoms in total. The lowest BCUT2D eigenvalue weighted by Gasteiger charge is -2.30. The van der Waals surface area contributed by atoms with E-state index >= 15 is 0 Å². The number of carbonyl (C=O) groups is 1. The Hall–Kier alpha value is -3.00. The van der Waals surface area contributed by atoms with Crippen LogP contribution in [0, 0.1) is 5.92 Å². The van der Waals surface area contributed by atoms with Crippen molar-refractivity contribution in [1.29, 1.82) is 0 Å². The predicted molar refractivity (Wildman–Crippen MR) is 144 cm³/mol. The van der Waals surface area contributed by atoms with Gasteiger partial charge in [0, 0.05) is 19.3 Å². The van der Waals surface area contributed by atoms with Gasteiger partial charge in [0.2, 0.25) is 10.0 Å². The van der Waals surface area contributed by atoms with Gasteiger partial charge in [-0.15, -0.1) is 0 Å². The summed E-state index contributed by atoms with van der Waals surface area (Å²) in [4.78, 5) is 12.4. The molecular weight excluding hydrogens is 534 g/mol. The Morgan fingerprint density at radius 1 is 1.05 bits per heavy atom. The second kappa shape index (κ2) is 14.2. The summed E-state index contributed by atoms with van der Waals surface area (Å²) in [6.45, 7) is 3.12. The van der Waals surface area contributed by atoms with Crippen LogP contribution in [-0.2, 0) is 31.0 Å². The number of aliphatic hydroxyl groups excluding tert-OH is 1. The molecule has 0 radical (unpaired) electrons. The van der Waals surface area contributed by atoms with E-state index in [1.807, 2.05) is 19.9 Å². The summed E-state index contributed by atoms with van der Waals surface area (Å²) in [5, 5.41) is 25.3. The van der Waals surface area contributed by atoms with E-state index in [0.717, 1.165) is 16.1 Å². The fourth-order valence-electron chi connectivity index (χ4n) is 3.59. The van der Waals surface area contributed by atoms with E-state index in [4.69, 9.17) is 9.94 Å². The first-order valence-corrected chi connectivity index (χ1v) is 15.4. The largest absolute Gasteiger partial charge is 0.448 e. The molecule has 2 rings (SSSR count). The minimum absolute atomic E-state index is 0.00630. The molecule has 0 spiro atoms. The molecule has 0 saturated carbocycles. The van der Waals surface area contributed by atoms with Gasteiger partial charge in [0.1, 0.15) is 6.61 Å². The van der Waals surface area contributed by atoms with Crippen LogP contribution in [0.15, 0.2) is 64.6 Å². The van der Waals surface area contributed by atoms with Crippen molar-refractivity contribution in [3.05, 3.63) is 65.7 Å². The Balaban J connectivity index is 2.27. The average molecular weight is 570 g/mol. The topological polar surface area (TPSA) is 163 Å². The summed E-state index contributed by atoms with van der Waals surface area (Å²) in [6.07, 6.45) is 0.114. The normalized spacial score (nSPS) is 14.1. The maximum absolute atomic E-state index is 13.5. The van der Waals surface area contributed by atoms with Gasteiger partial charge in [-0.05, 0) is 35.6 Å². The highest BCUT2D eigenvalue weighted by atomic mass is 32.2. The summed E-state index contributed by atoms with van der Waals surface area (Å²) >= 11 is 0. The molecule has 0 aliphatic carbocycles. The van der Waals surface area contributed by atoms with Crippen molar-refractivity contribution in [1.82, 2.24) is 9.62 Å². The van der Waals surface area contributed by atoms with E-state index in [-0.39, 0.29) is 42.7 Å². The lowest BCUT2D eigenvalue weighted by atomic mass is 10.0. The van der Waals surface area contributed by atoms with Crippen molar-refractivity contribution in [2.75, 3.05) is 31.7 Å². The van der Waals surface area contributed by atoms with Crippen LogP contribution in [0.1, 0.15) is 25.0 Å². The molecule has 0 saturated heterocycles. The molecule has 2 atom stereocenters. The standard InChI is InChI=1S/C25H35N3O8S2/c1-19(2)17-28(38(34,35)22-11-9-21(10-12-22)16-26-31)18-24(29)23(15-20-7-5-4-6-8-20)27-25(30)36-13-14-37(3,32)33/h4-12,16,19,23-24,29,31H,13-15,17-18H2,1-3H3,(H,27,30)/b26-16+/t23-,24+/m0/s1. The van der Waals surface area contributed by atoms with Gasteiger partial charge < -0.3 is 20.4 Å². The molecule has 210 valence electrons. The summed E-state index contributed by atoms with van der Waals surface area (Å²) in [5.41, 5.74) is 1.29. The molecule has 13 heteroatoms. The first kappa shape index (κ1) is 31.2. The molecule has 1 amide bonds. The van der Waals surface area contributed by atoms with E-state index in [9.17, 15) is 26.7 Å². The number of carbonyl (C=O) groups excluding carboxylic acids is 1. The summed E-state index contributed by atoms with van der Waals surface area (Å²) < 4.78 is 55.7. The third-order valence-corrected chi connectivity index (χ3v) is 8.19. The highest BCUT2D eigenvalue weighted by Gasteiger charge is 2.31. The number of sulfonamides is 1. The highest BCUT2D eigenvalue weighted by Crippen LogP contribution is 2.19. The van der Waals surface area contributed by atoms with Gasteiger partial charge >= 0.3 is 6.09 Å². The van der Waals surface area contributed by atoms with Gasteiger partial charge in [-0.1, -0.05) is 61.5 Å². The van der Waals surface area contributed by atoms with Crippen molar-refractivity contribution in [3.8, 4) is 0 Å². The van der Waals surface area contributed by atoms with Gasteiger partial charge in [0.05, 0.1) is 29.0 Å². The number of rotatable bonds is 14. The molecule has 0 fully saturated rings. The van der Waals surface area contributed by atoms with Gasteiger partial charge in [0.15, 0.2) is 9.84 Å². The first-order valence-electron chi connectivity index (χ1n) is 11.9. The smallest absolute Gasteiger partial charge is 0.407 e. The third-order valence-electron chi connectivity index (χ3n) is 5.44. The maximum atomic E-state index is 13.5. The fourth-order valence-corrected chi connectivity index (χ4v) is 5.59. The quantitative estimate of drug-likeness (QED) is 0.176. The number of aliphatic hydroxyl groups is 1. The zero-order valence-electron chi connectivity index (χ0n) is 21.6. The summed E-state index contributed by atoms with van der Waals surface area (Å²) in [5.74, 6) is -0.422. The van der Waals surface area contributed by atoms with Gasteiger partial charge in [0.25, 0.3) is 0 Å². The number of nitrogens with one attached hydrogen (secondary N) is 1. The first-order chi connectivity index (χ1) is 17.8. The van der Waals surface area contributed by atoms with Gasteiger partial charge in [-0.25, -0.2) is 21.6 Å². The minimum Gasteiger partial charge on any atom is -0.448 e. The molecule has 2 aromatic rings. The molecular formula is C25H35N3O8S2. The fraction of sp³-hybridized carbons (Fsp3) is 0.440. The molecule has 0 aliphatic rings. The number of alkyl carbamates (subject to hydrolysis) is 1. The number of ether oxygens (including phenoxy) is 1. The second-order valence-electron chi connectivity index (χ2n) is 9.30. The molecule has 0 aliphatic heterocycles. The highest BCUT2D eigenvalue weighted by molar-refractivity contribution is 7.90. The average Bonchev–Trinajstić information content (AvgIpc) is 2.83. The minimum atomic E-state index is -4.03. The van der Waals surface area contributed by atoms with Crippen LogP contribution in [-0.4, -0.2) is 87.6 Å². The predicted octanol–water partition coefficient (Wildman–Crippen LogP) is 1.88. The zero-order chi connectivity index (χ0) is 28.3. The van der Waals surface area contributed by atoms with Gasteiger partial charge in [-0.2, -0.15) is 4.31 Å². The summed E-state index contributed by atoms with van der Waals surface area (Å²) in [7, 11) is -7.37. The number of sulfone groups is 1. The number of hydrogen-bond donors (Lipinski definition) is 3. The Morgan fingerprint density at radius 3 is 2.24 bits per heavy atom. The molecule has 0 aromatic heterocycles. The lowest BCUT2D eigenvalue weighted by Crippen LogP contribution is -2.51. The van der Waals surface area contributed by atoms with Crippen molar-refractivity contribution >= 4 is 32.2 Å². The molecule has 0 heterocycles. The van der Waals surface area contributed by atoms with Crippen molar-refractivity contribution in [2.24, 2.45) is 11.1 Å². The van der Waals surface area contributed by atoms with Crippen molar-refractivity contribution in [3.63, 3.8) is 0 Å². The summed E-state index contributed by atoms with van der Waals surface area (Å²) in [6, 6.07) is 13.8. The Labute approximate surface area is 224 Å². The van der Waals surface area contributed by atoms with Crippen LogP contribution < -0.4 is 5.32 Å². The van der Waals surface area contributed by atoms with Crippen molar-refractivity contribution < 1.29 is 36.7 Å². The van der Waals surface area contributed by atoms with Crippen LogP contribution >= 0.6 is 0 Å². The molecule has 2 aromatic carbocycles. The Kier molecular flexibility index (Phi) is 11.7. The molecule has 0 bridgehead atoms. The molecule has 0 unspecified atom stereocenters. The number of benzene rings is 2. The van der Waals surface area contributed by atoms with E-state index < -0.39 is 38.1 Å². The second-order valence-corrected chi connectivity index (χ2v) is 13.5. The van der Waals surface area contributed by atoms with Crippen LogP contribution in [0.25, 0.3) is 0 Å². The monoisotopic (exact) mass is 569 g/mol. The Morgan fingerprint density at radius 2 is 1.68 bits per heavy atom. The van der Waals surface area contributed by atoms with E-state index in [1.165, 1.54) is 30.5 Å². The van der Waals surface area contributed by atoms with Crippen molar-refractivity contribution in [2.45, 2.75) is 37.3 Å². The van der Waals surface area contributed by atoms with Crippen LogP contribution in [0.5, 0.6) is 0 Å². The third kappa shape index (κ3) is 10.4. The number of nitrogens with zero attached hydrogens (tertiary/aromatic N) is 2. The van der Waals surface area contributed by atoms with Gasteiger partial charge in [-0.3, -0.25) is 0 Å². The van der Waals surface area contributed by atoms with E-state index in [1.54, 1.807) is 24.3 Å². The Bertz CT molecular complexity index is 1270. The molecule has 38 heavy (non-hydrogen) atoms. The zero-order valence-corrected chi connectivity index (χ0v) is 23.2. The molecule has 3 N–H and O–H groups in total. The lowest BCUT2D eigenvalue weighted by molar-refractivity contribution is 0.0908. The van der Waals surface area contributed by atoms with E-state index in [0.29, 0.717) is 5.56 Å². The number of hydrogen-bond acceptors (Lipinski definition) is 9. The van der Waals surface area contributed by atoms with Crippen LogP contribution in [0.4, 0.5) is 4.79 Å². The van der Waals surface area contributed by atoms with Crippen LogP contribution in [0.3, 0.4) is 0 Å². The number of amides is 1. The van der Waals surface area contributed by atoms with E-state index in [2.05, 4.69) is 10.5 Å². The van der Waals surface area contributed by atoms with Crippen LogP contribution in [0.2, 0.25) is 0 Å².